The van der Waals surface area contributed by atoms with Crippen LogP contribution in [0.2, 0.25) is 0 Å². The third kappa shape index (κ3) is 2.22. The summed E-state index contributed by atoms with van der Waals surface area (Å²) in [6.45, 7) is 0. The summed E-state index contributed by atoms with van der Waals surface area (Å²) in [7, 11) is 1.65. The Labute approximate surface area is 162 Å². The van der Waals surface area contributed by atoms with Gasteiger partial charge in [0.05, 0.1) is 0 Å². The predicted molar refractivity (Wildman–Crippen MR) is 102 cm³/mol. The standard InChI is InChI=1S/C21H21FN4O2/c1-26-19(27)21(25-20(26)23)14-6-2-3-7-16(14)28-17-9-8-12(11-15(17)21)13-5-4-10-24-18(13)22/h4-5,8-11,14,16H,2-3,6-7H2,1H3,(H2,23,25)/t14-,16?,21?/m0/s1. The molecular formula is C21H21FN4O2. The molecule has 3 atom stereocenters. The van der Waals surface area contributed by atoms with E-state index >= 15 is 0 Å². The van der Waals surface area contributed by atoms with Crippen LogP contribution in [0.3, 0.4) is 0 Å². The molecule has 1 saturated carbocycles. The molecule has 1 spiro atoms. The molecule has 144 valence electrons. The molecule has 2 unspecified atom stereocenters. The van der Waals surface area contributed by atoms with Crippen molar-refractivity contribution in [2.24, 2.45) is 16.6 Å². The molecule has 1 aromatic carbocycles. The summed E-state index contributed by atoms with van der Waals surface area (Å²) in [6.07, 6.45) is 5.15. The number of ether oxygens (including phenoxy) is 1. The Bertz CT molecular complexity index is 1010. The first-order valence-electron chi connectivity index (χ1n) is 9.58. The van der Waals surface area contributed by atoms with E-state index in [9.17, 15) is 9.18 Å². The summed E-state index contributed by atoms with van der Waals surface area (Å²) in [4.78, 5) is 23.3. The number of benzene rings is 1. The van der Waals surface area contributed by atoms with Gasteiger partial charge in [0.1, 0.15) is 11.9 Å². The SMILES string of the molecule is CN1C(=O)C2(N=C1N)c1cc(-c3cccnc3F)ccc1OC1CCCC[C@@H]12. The number of pyridine rings is 1. The van der Waals surface area contributed by atoms with Gasteiger partial charge in [-0.05, 0) is 49.1 Å². The number of hydrogen-bond acceptors (Lipinski definition) is 5. The molecule has 0 saturated heterocycles. The van der Waals surface area contributed by atoms with Crippen LogP contribution in [-0.2, 0) is 10.3 Å². The summed E-state index contributed by atoms with van der Waals surface area (Å²) in [5.74, 6) is 0.0483. The minimum Gasteiger partial charge on any atom is -0.490 e. The van der Waals surface area contributed by atoms with E-state index in [0.29, 0.717) is 22.4 Å². The van der Waals surface area contributed by atoms with Crippen molar-refractivity contribution in [1.82, 2.24) is 9.88 Å². The van der Waals surface area contributed by atoms with Crippen LogP contribution >= 0.6 is 0 Å². The van der Waals surface area contributed by atoms with Gasteiger partial charge in [0, 0.05) is 30.3 Å². The molecule has 0 radical (unpaired) electrons. The van der Waals surface area contributed by atoms with Crippen molar-refractivity contribution < 1.29 is 13.9 Å². The van der Waals surface area contributed by atoms with Crippen molar-refractivity contribution in [3.63, 3.8) is 0 Å². The van der Waals surface area contributed by atoms with Crippen LogP contribution in [-0.4, -0.2) is 34.9 Å². The molecule has 1 aromatic heterocycles. The van der Waals surface area contributed by atoms with E-state index in [1.165, 1.54) is 11.1 Å². The maximum Gasteiger partial charge on any atom is 0.262 e. The fourth-order valence-corrected chi connectivity index (χ4v) is 4.86. The van der Waals surface area contributed by atoms with Crippen molar-refractivity contribution in [3.8, 4) is 16.9 Å². The lowest BCUT2D eigenvalue weighted by Crippen LogP contribution is -2.53. The average molecular weight is 380 g/mol. The normalized spacial score (nSPS) is 28.6. The molecule has 28 heavy (non-hydrogen) atoms. The second-order valence-electron chi connectivity index (χ2n) is 7.70. The number of nitrogens with two attached hydrogens (primary N) is 1. The number of halogens is 1. The van der Waals surface area contributed by atoms with Crippen molar-refractivity contribution in [2.45, 2.75) is 37.3 Å². The lowest BCUT2D eigenvalue weighted by Gasteiger charge is -2.46. The van der Waals surface area contributed by atoms with Gasteiger partial charge in [0.15, 0.2) is 11.5 Å². The Morgan fingerprint density at radius 3 is 2.86 bits per heavy atom. The van der Waals surface area contributed by atoms with Gasteiger partial charge in [-0.1, -0.05) is 12.5 Å². The number of hydrogen-bond donors (Lipinski definition) is 1. The molecule has 5 rings (SSSR count). The lowest BCUT2D eigenvalue weighted by atomic mass is 9.67. The average Bonchev–Trinajstić information content (AvgIpc) is 2.93. The zero-order valence-electron chi connectivity index (χ0n) is 15.6. The summed E-state index contributed by atoms with van der Waals surface area (Å²) in [5, 5.41) is 0. The van der Waals surface area contributed by atoms with Crippen molar-refractivity contribution in [3.05, 3.63) is 48.0 Å². The number of amides is 1. The van der Waals surface area contributed by atoms with Gasteiger partial charge < -0.3 is 10.5 Å². The van der Waals surface area contributed by atoms with Gasteiger partial charge in [-0.3, -0.25) is 9.69 Å². The number of nitrogens with zero attached hydrogens (tertiary/aromatic N) is 3. The third-order valence-corrected chi connectivity index (χ3v) is 6.24. The number of carbonyl (C=O) groups is 1. The molecule has 7 heteroatoms. The highest BCUT2D eigenvalue weighted by Gasteiger charge is 2.60. The van der Waals surface area contributed by atoms with Crippen LogP contribution in [0.15, 0.2) is 41.5 Å². The molecule has 2 N–H and O–H groups in total. The number of fused-ring (bicyclic) bond motifs is 4. The molecule has 1 amide bonds. The monoisotopic (exact) mass is 380 g/mol. The number of carbonyl (C=O) groups excluding carboxylic acids is 1. The van der Waals surface area contributed by atoms with E-state index in [1.54, 1.807) is 31.3 Å². The summed E-state index contributed by atoms with van der Waals surface area (Å²) >= 11 is 0. The summed E-state index contributed by atoms with van der Waals surface area (Å²) in [6, 6.07) is 8.77. The minimum atomic E-state index is -1.10. The highest BCUT2D eigenvalue weighted by molar-refractivity contribution is 6.07. The number of guanidine groups is 1. The Morgan fingerprint density at radius 1 is 1.29 bits per heavy atom. The zero-order valence-corrected chi connectivity index (χ0v) is 15.6. The second kappa shape index (κ2) is 6.02. The van der Waals surface area contributed by atoms with E-state index in [-0.39, 0.29) is 23.9 Å². The smallest absolute Gasteiger partial charge is 0.262 e. The summed E-state index contributed by atoms with van der Waals surface area (Å²) < 4.78 is 20.6. The molecule has 0 bridgehead atoms. The molecule has 2 aliphatic heterocycles. The van der Waals surface area contributed by atoms with Gasteiger partial charge in [0.25, 0.3) is 5.91 Å². The van der Waals surface area contributed by atoms with E-state index in [0.717, 1.165) is 25.7 Å². The first-order chi connectivity index (χ1) is 13.5. The number of aliphatic imine (C=N–C) groups is 1. The van der Waals surface area contributed by atoms with E-state index in [1.807, 2.05) is 6.07 Å². The maximum absolute atomic E-state index is 14.3. The Kier molecular flexibility index (Phi) is 3.69. The Balaban J connectivity index is 1.74. The Hall–Kier alpha value is -2.96. The number of rotatable bonds is 1. The van der Waals surface area contributed by atoms with E-state index < -0.39 is 11.5 Å². The topological polar surface area (TPSA) is 80.8 Å². The lowest BCUT2D eigenvalue weighted by molar-refractivity contribution is -0.136. The predicted octanol–water partition coefficient (Wildman–Crippen LogP) is 2.82. The van der Waals surface area contributed by atoms with Crippen LogP contribution in [0.1, 0.15) is 31.2 Å². The van der Waals surface area contributed by atoms with Crippen molar-refractivity contribution >= 4 is 11.9 Å². The van der Waals surface area contributed by atoms with E-state index in [4.69, 9.17) is 15.5 Å². The van der Waals surface area contributed by atoms with Crippen LogP contribution < -0.4 is 10.5 Å². The highest BCUT2D eigenvalue weighted by Crippen LogP contribution is 2.53. The van der Waals surface area contributed by atoms with Gasteiger partial charge in [-0.25, -0.2) is 9.98 Å². The van der Waals surface area contributed by atoms with E-state index in [2.05, 4.69) is 4.98 Å². The molecule has 1 aliphatic carbocycles. The van der Waals surface area contributed by atoms with Gasteiger partial charge >= 0.3 is 0 Å². The van der Waals surface area contributed by atoms with Gasteiger partial charge in [-0.15, -0.1) is 0 Å². The second-order valence-corrected chi connectivity index (χ2v) is 7.70. The van der Waals surface area contributed by atoms with Crippen LogP contribution in [0.5, 0.6) is 5.75 Å². The Morgan fingerprint density at radius 2 is 2.11 bits per heavy atom. The molecule has 6 nitrogen and oxygen atoms in total. The first kappa shape index (κ1) is 17.2. The quantitative estimate of drug-likeness (QED) is 0.772. The van der Waals surface area contributed by atoms with Crippen molar-refractivity contribution in [2.75, 3.05) is 7.05 Å². The third-order valence-electron chi connectivity index (χ3n) is 6.24. The largest absolute Gasteiger partial charge is 0.490 e. The fourth-order valence-electron chi connectivity index (χ4n) is 4.86. The number of aromatic nitrogens is 1. The first-order valence-corrected chi connectivity index (χ1v) is 9.58. The summed E-state index contributed by atoms with van der Waals surface area (Å²) in [5.41, 5.74) is 6.64. The minimum absolute atomic E-state index is 0.0748. The molecular weight excluding hydrogens is 359 g/mol. The van der Waals surface area contributed by atoms with Crippen LogP contribution in [0.4, 0.5) is 4.39 Å². The molecule has 1 fully saturated rings. The van der Waals surface area contributed by atoms with Crippen molar-refractivity contribution in [1.29, 1.82) is 0 Å². The molecule has 3 aliphatic rings. The fraction of sp³-hybridized carbons (Fsp3) is 0.381. The number of likely N-dealkylation sites (N-methyl/N-ethyl adjacent to an activating group) is 1. The molecule has 3 heterocycles. The highest BCUT2D eigenvalue weighted by atomic mass is 19.1. The van der Waals surface area contributed by atoms with Gasteiger partial charge in [-0.2, -0.15) is 4.39 Å². The zero-order chi connectivity index (χ0) is 19.5. The maximum atomic E-state index is 14.3. The molecule has 2 aromatic rings. The van der Waals surface area contributed by atoms with Crippen LogP contribution in [0.25, 0.3) is 11.1 Å². The van der Waals surface area contributed by atoms with Gasteiger partial charge in [0.2, 0.25) is 5.95 Å². The van der Waals surface area contributed by atoms with Crippen LogP contribution in [0, 0.1) is 11.9 Å².